The van der Waals surface area contributed by atoms with Gasteiger partial charge in [0.25, 0.3) is 0 Å². The molecule has 6 aromatic rings. The first-order valence-electron chi connectivity index (χ1n) is 11.3. The predicted octanol–water partition coefficient (Wildman–Crippen LogP) is 6.52. The van der Waals surface area contributed by atoms with E-state index in [1.54, 1.807) is 14.2 Å². The van der Waals surface area contributed by atoms with E-state index in [4.69, 9.17) is 24.4 Å². The van der Waals surface area contributed by atoms with Crippen LogP contribution in [0.4, 0.5) is 0 Å². The lowest BCUT2D eigenvalue weighted by molar-refractivity contribution is 0.355. The van der Waals surface area contributed by atoms with E-state index in [1.807, 2.05) is 91.0 Å². The van der Waals surface area contributed by atoms with Crippen LogP contribution in [0.5, 0.6) is 11.5 Å². The average Bonchev–Trinajstić information content (AvgIpc) is 3.36. The van der Waals surface area contributed by atoms with Gasteiger partial charge in [0.2, 0.25) is 0 Å². The molecule has 6 rings (SSSR count). The molecule has 6 heteroatoms. The van der Waals surface area contributed by atoms with Gasteiger partial charge in [-0.05, 0) is 36.4 Å². The molecule has 0 spiro atoms. The van der Waals surface area contributed by atoms with Gasteiger partial charge in [0.1, 0.15) is 5.82 Å². The van der Waals surface area contributed by atoms with E-state index in [1.165, 1.54) is 0 Å². The third-order valence-corrected chi connectivity index (χ3v) is 6.04. The number of methoxy groups -OCH3 is 2. The number of nitrogens with zero attached hydrogens (tertiary/aromatic N) is 3. The smallest absolute Gasteiger partial charge is 0.161 e. The van der Waals surface area contributed by atoms with Crippen LogP contribution >= 0.6 is 0 Å². The molecule has 2 aromatic heterocycles. The van der Waals surface area contributed by atoms with Gasteiger partial charge < -0.3 is 14.5 Å². The Balaban J connectivity index is 1.70. The van der Waals surface area contributed by atoms with Crippen molar-refractivity contribution in [3.8, 4) is 45.4 Å². The van der Waals surface area contributed by atoms with Gasteiger partial charge in [0.05, 0.1) is 47.7 Å². The number of imidazole rings is 1. The highest BCUT2D eigenvalue weighted by Gasteiger charge is 2.22. The SMILES string of the molecule is COc1cc(-c2nc3ccccc3[nH]2)c(-c2nc3ccccc3nc2-c2ccccc2)cc1OC. The molecule has 0 saturated carbocycles. The second kappa shape index (κ2) is 8.57. The molecule has 170 valence electrons. The van der Waals surface area contributed by atoms with Crippen molar-refractivity contribution in [3.05, 3.63) is 91.0 Å². The number of nitrogens with one attached hydrogen (secondary N) is 1. The minimum Gasteiger partial charge on any atom is -0.493 e. The average molecular weight is 459 g/mol. The van der Waals surface area contributed by atoms with Crippen molar-refractivity contribution in [1.82, 2.24) is 19.9 Å². The summed E-state index contributed by atoms with van der Waals surface area (Å²) in [6.07, 6.45) is 0. The summed E-state index contributed by atoms with van der Waals surface area (Å²) in [6.45, 7) is 0. The van der Waals surface area contributed by atoms with Gasteiger partial charge in [0.15, 0.2) is 11.5 Å². The number of aromatic amines is 1. The van der Waals surface area contributed by atoms with Crippen molar-refractivity contribution >= 4 is 22.1 Å². The lowest BCUT2D eigenvalue weighted by Gasteiger charge is -2.16. The van der Waals surface area contributed by atoms with Gasteiger partial charge in [-0.15, -0.1) is 0 Å². The standard InChI is InChI=1S/C29H22N4O2/c1-34-25-16-19(20(17-26(25)35-2)29-32-23-14-8-9-15-24(23)33-29)28-27(18-10-4-3-5-11-18)30-21-12-6-7-13-22(21)31-28/h3-17H,1-2H3,(H,32,33). The molecule has 0 amide bonds. The fourth-order valence-corrected chi connectivity index (χ4v) is 4.34. The van der Waals surface area contributed by atoms with Gasteiger partial charge in [-0.25, -0.2) is 15.0 Å². The van der Waals surface area contributed by atoms with E-state index in [9.17, 15) is 0 Å². The van der Waals surface area contributed by atoms with E-state index >= 15 is 0 Å². The number of para-hydroxylation sites is 4. The fraction of sp³-hybridized carbons (Fsp3) is 0.0690. The lowest BCUT2D eigenvalue weighted by Crippen LogP contribution is -1.99. The number of benzene rings is 4. The Bertz CT molecular complexity index is 1640. The molecule has 0 radical (unpaired) electrons. The van der Waals surface area contributed by atoms with Crippen molar-refractivity contribution in [3.63, 3.8) is 0 Å². The Kier molecular flexibility index (Phi) is 5.11. The van der Waals surface area contributed by atoms with E-state index in [0.717, 1.165) is 56.0 Å². The van der Waals surface area contributed by atoms with Crippen LogP contribution in [0.25, 0.3) is 56.0 Å². The van der Waals surface area contributed by atoms with Gasteiger partial charge in [-0.3, -0.25) is 0 Å². The van der Waals surface area contributed by atoms with Crippen LogP contribution in [0.2, 0.25) is 0 Å². The van der Waals surface area contributed by atoms with Crippen LogP contribution in [0.1, 0.15) is 0 Å². The minimum absolute atomic E-state index is 0.608. The molecule has 35 heavy (non-hydrogen) atoms. The van der Waals surface area contributed by atoms with Gasteiger partial charge in [-0.1, -0.05) is 54.6 Å². The molecule has 2 heterocycles. The summed E-state index contributed by atoms with van der Waals surface area (Å²) in [6, 6.07) is 29.8. The molecule has 0 aliphatic carbocycles. The summed E-state index contributed by atoms with van der Waals surface area (Å²) >= 11 is 0. The second-order valence-electron chi connectivity index (χ2n) is 8.13. The van der Waals surface area contributed by atoms with Crippen molar-refractivity contribution in [2.45, 2.75) is 0 Å². The number of ether oxygens (including phenoxy) is 2. The van der Waals surface area contributed by atoms with Crippen molar-refractivity contribution in [2.24, 2.45) is 0 Å². The zero-order chi connectivity index (χ0) is 23.8. The number of hydrogen-bond acceptors (Lipinski definition) is 5. The summed E-state index contributed by atoms with van der Waals surface area (Å²) in [5.74, 6) is 1.94. The maximum absolute atomic E-state index is 5.68. The highest BCUT2D eigenvalue weighted by molar-refractivity contribution is 5.93. The first-order chi connectivity index (χ1) is 17.2. The molecule has 0 unspecified atom stereocenters. The highest BCUT2D eigenvalue weighted by Crippen LogP contribution is 2.42. The topological polar surface area (TPSA) is 72.9 Å². The lowest BCUT2D eigenvalue weighted by atomic mass is 9.97. The Hall–Kier alpha value is -4.71. The third kappa shape index (κ3) is 3.65. The van der Waals surface area contributed by atoms with Crippen LogP contribution in [0.15, 0.2) is 91.0 Å². The molecule has 6 nitrogen and oxygen atoms in total. The maximum atomic E-state index is 5.68. The van der Waals surface area contributed by atoms with Gasteiger partial charge in [-0.2, -0.15) is 0 Å². The molecule has 0 bridgehead atoms. The maximum Gasteiger partial charge on any atom is 0.161 e. The first kappa shape index (κ1) is 20.9. The molecular formula is C29H22N4O2. The Labute approximate surface area is 202 Å². The quantitative estimate of drug-likeness (QED) is 0.318. The van der Waals surface area contributed by atoms with E-state index in [0.29, 0.717) is 11.5 Å². The molecule has 0 aliphatic heterocycles. The van der Waals surface area contributed by atoms with E-state index in [2.05, 4.69) is 4.98 Å². The number of hydrogen-bond donors (Lipinski definition) is 1. The number of H-pyrrole nitrogens is 1. The second-order valence-corrected chi connectivity index (χ2v) is 8.13. The summed E-state index contributed by atoms with van der Waals surface area (Å²) in [4.78, 5) is 18.4. The van der Waals surface area contributed by atoms with Gasteiger partial charge in [0, 0.05) is 16.7 Å². The van der Waals surface area contributed by atoms with E-state index in [-0.39, 0.29) is 0 Å². The summed E-state index contributed by atoms with van der Waals surface area (Å²) in [5.41, 5.74) is 7.69. The van der Waals surface area contributed by atoms with Crippen molar-refractivity contribution in [2.75, 3.05) is 14.2 Å². The zero-order valence-corrected chi connectivity index (χ0v) is 19.3. The Morgan fingerprint density at radius 2 is 1.14 bits per heavy atom. The molecule has 4 aromatic carbocycles. The predicted molar refractivity (Wildman–Crippen MR) is 139 cm³/mol. The number of fused-ring (bicyclic) bond motifs is 2. The summed E-state index contributed by atoms with van der Waals surface area (Å²) in [7, 11) is 3.26. The summed E-state index contributed by atoms with van der Waals surface area (Å²) < 4.78 is 11.3. The van der Waals surface area contributed by atoms with Crippen molar-refractivity contribution in [1.29, 1.82) is 0 Å². The number of aromatic nitrogens is 4. The monoisotopic (exact) mass is 458 g/mol. The minimum atomic E-state index is 0.608. The Morgan fingerprint density at radius 3 is 1.80 bits per heavy atom. The molecular weight excluding hydrogens is 436 g/mol. The Morgan fingerprint density at radius 1 is 0.571 bits per heavy atom. The van der Waals surface area contributed by atoms with Crippen LogP contribution in [-0.2, 0) is 0 Å². The summed E-state index contributed by atoms with van der Waals surface area (Å²) in [5, 5.41) is 0. The van der Waals surface area contributed by atoms with Crippen LogP contribution in [-0.4, -0.2) is 34.2 Å². The van der Waals surface area contributed by atoms with Gasteiger partial charge >= 0.3 is 0 Å². The normalized spacial score (nSPS) is 11.1. The van der Waals surface area contributed by atoms with E-state index < -0.39 is 0 Å². The molecule has 1 N–H and O–H groups in total. The number of rotatable bonds is 5. The molecule has 0 aliphatic rings. The first-order valence-corrected chi connectivity index (χ1v) is 11.3. The fourth-order valence-electron chi connectivity index (χ4n) is 4.34. The van der Waals surface area contributed by atoms with Crippen LogP contribution in [0.3, 0.4) is 0 Å². The molecule has 0 fully saturated rings. The third-order valence-electron chi connectivity index (χ3n) is 6.04. The molecule has 0 saturated heterocycles. The van der Waals surface area contributed by atoms with Crippen LogP contribution in [0, 0.1) is 0 Å². The highest BCUT2D eigenvalue weighted by atomic mass is 16.5. The largest absolute Gasteiger partial charge is 0.493 e. The van der Waals surface area contributed by atoms with Crippen LogP contribution < -0.4 is 9.47 Å². The zero-order valence-electron chi connectivity index (χ0n) is 19.3. The molecule has 0 atom stereocenters. The van der Waals surface area contributed by atoms with Crippen molar-refractivity contribution < 1.29 is 9.47 Å².